The molecule has 3 aliphatic rings. The van der Waals surface area contributed by atoms with E-state index in [1.54, 1.807) is 30.0 Å². The van der Waals surface area contributed by atoms with Gasteiger partial charge in [-0.1, -0.05) is 23.9 Å². The molecule has 3 aliphatic heterocycles. The van der Waals surface area contributed by atoms with E-state index in [1.807, 2.05) is 16.4 Å². The van der Waals surface area contributed by atoms with Crippen molar-refractivity contribution in [2.75, 3.05) is 26.2 Å². The lowest BCUT2D eigenvalue weighted by Crippen LogP contribution is -2.31. The van der Waals surface area contributed by atoms with Gasteiger partial charge in [0.1, 0.15) is 0 Å². The molecular formula is C19H21N3O3S. The molecule has 1 atom stereocenters. The second kappa shape index (κ2) is 7.15. The van der Waals surface area contributed by atoms with E-state index in [9.17, 15) is 9.59 Å². The van der Waals surface area contributed by atoms with Crippen LogP contribution < -0.4 is 0 Å². The molecule has 1 fully saturated rings. The summed E-state index contributed by atoms with van der Waals surface area (Å²) in [5.74, 6) is -0.340. The van der Waals surface area contributed by atoms with Gasteiger partial charge in [0.25, 0.3) is 0 Å². The molecular weight excluding hydrogens is 350 g/mol. The highest BCUT2D eigenvalue weighted by molar-refractivity contribution is 8.16. The van der Waals surface area contributed by atoms with Gasteiger partial charge in [-0.3, -0.25) is 9.79 Å². The smallest absolute Gasteiger partial charge is 0.335 e. The predicted octanol–water partition coefficient (Wildman–Crippen LogP) is 2.43. The van der Waals surface area contributed by atoms with E-state index in [4.69, 9.17) is 5.11 Å². The van der Waals surface area contributed by atoms with Crippen molar-refractivity contribution in [2.45, 2.75) is 19.3 Å². The van der Waals surface area contributed by atoms with Gasteiger partial charge in [0, 0.05) is 25.3 Å². The fraction of sp³-hybridized carbons (Fsp3) is 0.421. The van der Waals surface area contributed by atoms with Crippen molar-refractivity contribution in [1.29, 1.82) is 0 Å². The van der Waals surface area contributed by atoms with E-state index >= 15 is 0 Å². The van der Waals surface area contributed by atoms with Crippen molar-refractivity contribution >= 4 is 28.8 Å². The Morgan fingerprint density at radius 1 is 1.31 bits per heavy atom. The minimum atomic E-state index is -0.900. The molecule has 0 aliphatic carbocycles. The molecule has 1 amide bonds. The van der Waals surface area contributed by atoms with Crippen molar-refractivity contribution in [1.82, 2.24) is 9.80 Å². The molecule has 26 heavy (non-hydrogen) atoms. The van der Waals surface area contributed by atoms with Crippen LogP contribution in [-0.4, -0.2) is 58.1 Å². The Hall–Kier alpha value is -2.28. The van der Waals surface area contributed by atoms with Gasteiger partial charge in [0.2, 0.25) is 5.91 Å². The third kappa shape index (κ3) is 3.49. The van der Waals surface area contributed by atoms with Crippen LogP contribution in [0.2, 0.25) is 0 Å². The first kappa shape index (κ1) is 17.1. The Balaban J connectivity index is 1.32. The number of carboxylic acids is 1. The van der Waals surface area contributed by atoms with Gasteiger partial charge >= 0.3 is 5.97 Å². The topological polar surface area (TPSA) is 73.2 Å². The first-order valence-electron chi connectivity index (χ1n) is 8.88. The average molecular weight is 371 g/mol. The molecule has 0 bridgehead atoms. The molecule has 0 radical (unpaired) electrons. The number of rotatable bonds is 5. The third-order valence-corrected chi connectivity index (χ3v) is 6.07. The van der Waals surface area contributed by atoms with E-state index in [0.29, 0.717) is 17.9 Å². The van der Waals surface area contributed by atoms with Gasteiger partial charge in [-0.2, -0.15) is 0 Å². The zero-order valence-electron chi connectivity index (χ0n) is 14.4. The molecule has 0 saturated carbocycles. The number of likely N-dealkylation sites (tertiary alicyclic amines) is 1. The first-order chi connectivity index (χ1) is 12.6. The molecule has 1 unspecified atom stereocenters. The van der Waals surface area contributed by atoms with Crippen molar-refractivity contribution < 1.29 is 14.7 Å². The molecule has 1 aromatic rings. The number of benzene rings is 1. The lowest BCUT2D eigenvalue weighted by molar-refractivity contribution is -0.129. The molecule has 3 heterocycles. The molecule has 6 nitrogen and oxygen atoms in total. The van der Waals surface area contributed by atoms with Crippen molar-refractivity contribution in [3.05, 3.63) is 46.5 Å². The Labute approximate surface area is 156 Å². The number of aliphatic imine (C=N–C) groups is 1. The molecule has 7 heteroatoms. The normalized spacial score (nSPS) is 21.6. The number of nitrogens with zero attached hydrogens (tertiary/aromatic N) is 3. The quantitative estimate of drug-likeness (QED) is 0.861. The van der Waals surface area contributed by atoms with E-state index in [1.165, 1.54) is 0 Å². The number of hydrogen-bond donors (Lipinski definition) is 1. The largest absolute Gasteiger partial charge is 0.478 e. The highest BCUT2D eigenvalue weighted by Gasteiger charge is 2.31. The van der Waals surface area contributed by atoms with Crippen LogP contribution in [0.3, 0.4) is 0 Å². The number of amidine groups is 1. The van der Waals surface area contributed by atoms with Gasteiger partial charge in [-0.05, 0) is 41.9 Å². The first-order valence-corrected chi connectivity index (χ1v) is 9.76. The minimum absolute atomic E-state index is 0.173. The zero-order valence-corrected chi connectivity index (χ0v) is 15.2. The molecule has 1 aromatic carbocycles. The second-order valence-corrected chi connectivity index (χ2v) is 7.76. The SMILES string of the molecule is O=C(O)c1cccc(CC2CCN(C(=O)CC3=CSC4=NCCN34)C2)c1. The Morgan fingerprint density at radius 2 is 2.19 bits per heavy atom. The average Bonchev–Trinajstić information content (AvgIpc) is 3.34. The number of hydrogen-bond acceptors (Lipinski definition) is 5. The van der Waals surface area contributed by atoms with E-state index in [-0.39, 0.29) is 5.91 Å². The summed E-state index contributed by atoms with van der Waals surface area (Å²) in [4.78, 5) is 32.3. The van der Waals surface area contributed by atoms with Crippen molar-refractivity contribution in [3.63, 3.8) is 0 Å². The summed E-state index contributed by atoms with van der Waals surface area (Å²) in [6.45, 7) is 3.22. The van der Waals surface area contributed by atoms with E-state index in [0.717, 1.165) is 55.4 Å². The summed E-state index contributed by atoms with van der Waals surface area (Å²) in [5.41, 5.74) is 2.41. The molecule has 0 aromatic heterocycles. The van der Waals surface area contributed by atoms with Gasteiger partial charge in [-0.25, -0.2) is 4.79 Å². The fourth-order valence-corrected chi connectivity index (χ4v) is 4.73. The van der Waals surface area contributed by atoms with Gasteiger partial charge < -0.3 is 14.9 Å². The summed E-state index contributed by atoms with van der Waals surface area (Å²) in [6.07, 6.45) is 2.22. The predicted molar refractivity (Wildman–Crippen MR) is 101 cm³/mol. The van der Waals surface area contributed by atoms with Crippen LogP contribution in [0.25, 0.3) is 0 Å². The molecule has 136 valence electrons. The number of aromatic carboxylic acids is 1. The Kier molecular flexibility index (Phi) is 4.72. The molecule has 1 saturated heterocycles. The number of fused-ring (bicyclic) bond motifs is 1. The standard InChI is InChI=1S/C19H21N3O3S/c23-17(10-16-12-26-19-20-5-7-22(16)19)21-6-4-14(11-21)8-13-2-1-3-15(9-13)18(24)25/h1-3,9,12,14H,4-8,10-11H2,(H,24,25). The summed E-state index contributed by atoms with van der Waals surface area (Å²) < 4.78 is 0. The van der Waals surface area contributed by atoms with Gasteiger partial charge in [0.05, 0.1) is 18.5 Å². The summed E-state index contributed by atoms with van der Waals surface area (Å²) >= 11 is 1.61. The Morgan fingerprint density at radius 3 is 3.04 bits per heavy atom. The minimum Gasteiger partial charge on any atom is -0.478 e. The summed E-state index contributed by atoms with van der Waals surface area (Å²) in [6, 6.07) is 7.10. The number of carboxylic acid groups (broad SMARTS) is 1. The van der Waals surface area contributed by atoms with Crippen LogP contribution >= 0.6 is 11.8 Å². The van der Waals surface area contributed by atoms with Gasteiger partial charge in [0.15, 0.2) is 5.17 Å². The number of amides is 1. The van der Waals surface area contributed by atoms with Crippen LogP contribution in [0, 0.1) is 5.92 Å². The van der Waals surface area contributed by atoms with Gasteiger partial charge in [-0.15, -0.1) is 0 Å². The summed E-state index contributed by atoms with van der Waals surface area (Å²) in [7, 11) is 0. The van der Waals surface area contributed by atoms with E-state index in [2.05, 4.69) is 9.89 Å². The van der Waals surface area contributed by atoms with Crippen molar-refractivity contribution in [3.8, 4) is 0 Å². The third-order valence-electron chi connectivity index (χ3n) is 5.12. The fourth-order valence-electron chi connectivity index (χ4n) is 3.77. The van der Waals surface area contributed by atoms with Crippen LogP contribution in [0.1, 0.15) is 28.8 Å². The van der Waals surface area contributed by atoms with E-state index < -0.39 is 5.97 Å². The van der Waals surface area contributed by atoms with Crippen molar-refractivity contribution in [2.24, 2.45) is 10.9 Å². The van der Waals surface area contributed by atoms with Crippen LogP contribution in [0.15, 0.2) is 40.4 Å². The molecule has 1 N–H and O–H groups in total. The van der Waals surface area contributed by atoms with Crippen LogP contribution in [-0.2, 0) is 11.2 Å². The highest BCUT2D eigenvalue weighted by atomic mass is 32.2. The maximum Gasteiger partial charge on any atom is 0.335 e. The Bertz CT molecular complexity index is 805. The maximum atomic E-state index is 12.7. The molecule has 0 spiro atoms. The number of thioether (sulfide) groups is 1. The molecule has 4 rings (SSSR count). The lowest BCUT2D eigenvalue weighted by atomic mass is 9.97. The van der Waals surface area contributed by atoms with Crippen LogP contribution in [0.5, 0.6) is 0 Å². The monoisotopic (exact) mass is 371 g/mol. The highest BCUT2D eigenvalue weighted by Crippen LogP contribution is 2.32. The van der Waals surface area contributed by atoms with Crippen LogP contribution in [0.4, 0.5) is 0 Å². The number of carbonyl (C=O) groups is 2. The maximum absolute atomic E-state index is 12.7. The lowest BCUT2D eigenvalue weighted by Gasteiger charge is -2.20. The summed E-state index contributed by atoms with van der Waals surface area (Å²) in [5, 5.41) is 12.2. The zero-order chi connectivity index (χ0) is 18.1. The second-order valence-electron chi connectivity index (χ2n) is 6.92. The number of carbonyl (C=O) groups excluding carboxylic acids is 1.